The minimum atomic E-state index is -2.09. The van der Waals surface area contributed by atoms with Crippen molar-refractivity contribution in [3.63, 3.8) is 0 Å². The highest BCUT2D eigenvalue weighted by Crippen LogP contribution is 2.35. The van der Waals surface area contributed by atoms with Gasteiger partial charge in [-0.05, 0) is 19.3 Å². The molecule has 22 unspecified atom stereocenters. The molecule has 0 saturated carbocycles. The lowest BCUT2D eigenvalue weighted by molar-refractivity contribution is -0.380. The van der Waals surface area contributed by atoms with Gasteiger partial charge >= 0.3 is 0 Å². The Kier molecular flexibility index (Phi) is 34.2. The predicted molar refractivity (Wildman–Crippen MR) is 289 cm³/mol. The van der Waals surface area contributed by atoms with Crippen molar-refractivity contribution in [1.82, 2.24) is 10.6 Å². The molecule has 4 aliphatic rings. The van der Waals surface area contributed by atoms with E-state index in [9.17, 15) is 76.0 Å². The van der Waals surface area contributed by atoms with E-state index in [1.54, 1.807) is 6.08 Å². The van der Waals surface area contributed by atoms with Crippen LogP contribution in [0.2, 0.25) is 0 Å². The summed E-state index contributed by atoms with van der Waals surface area (Å²) in [5.41, 5.74) is 0. The van der Waals surface area contributed by atoms with Crippen LogP contribution in [0.25, 0.3) is 0 Å². The second-order valence-corrected chi connectivity index (χ2v) is 22.2. The van der Waals surface area contributed by atoms with Crippen LogP contribution in [0.3, 0.4) is 0 Å². The van der Waals surface area contributed by atoms with Crippen molar-refractivity contribution in [3.05, 3.63) is 12.2 Å². The number of amides is 2. The van der Waals surface area contributed by atoms with E-state index in [0.717, 1.165) is 51.9 Å². The highest BCUT2D eigenvalue weighted by atomic mass is 16.8. The zero-order chi connectivity index (χ0) is 59.4. The second kappa shape index (κ2) is 38.8. The highest BCUT2D eigenvalue weighted by molar-refractivity contribution is 5.76. The van der Waals surface area contributed by atoms with Gasteiger partial charge in [-0.2, -0.15) is 0 Å². The Morgan fingerprint density at radius 1 is 0.481 bits per heavy atom. The third-order valence-electron chi connectivity index (χ3n) is 15.6. The van der Waals surface area contributed by atoms with Gasteiger partial charge in [0.2, 0.25) is 11.8 Å². The molecule has 0 bridgehead atoms. The molecule has 0 radical (unpaired) electrons. The molecule has 0 aromatic carbocycles. The Bertz CT molecular complexity index is 1720. The second-order valence-electron chi connectivity index (χ2n) is 22.2. The van der Waals surface area contributed by atoms with Crippen LogP contribution in [-0.2, 0) is 47.5 Å². The summed E-state index contributed by atoms with van der Waals surface area (Å²) in [6.45, 7) is 1.53. The van der Waals surface area contributed by atoms with E-state index in [0.29, 0.717) is 12.8 Å². The van der Waals surface area contributed by atoms with E-state index in [2.05, 4.69) is 24.5 Å². The third kappa shape index (κ3) is 22.6. The molecule has 0 aromatic rings. The summed E-state index contributed by atoms with van der Waals surface area (Å²) in [6.07, 6.45) is -8.09. The van der Waals surface area contributed by atoms with Crippen LogP contribution in [-0.4, -0.2) is 246 Å². The number of nitrogens with one attached hydrogen (secondary N) is 2. The van der Waals surface area contributed by atoms with Crippen molar-refractivity contribution in [3.8, 4) is 0 Å². The SMILES string of the molecule is CCCCCCCCCCCCCC=CC(O)C(COC1OC(CO)C(OC2OC(CO)C(OC3OC(CO)C(O)C(OC4OC(CO)C(O)C(O)C4O)C3NC(C)=O)C(O)C2O)C(O)C1O)NC(=O)CCCCCCCCCCC. The van der Waals surface area contributed by atoms with E-state index in [1.165, 1.54) is 77.0 Å². The number of unbranched alkanes of at least 4 members (excludes halogenated alkanes) is 19. The van der Waals surface area contributed by atoms with E-state index >= 15 is 0 Å². The van der Waals surface area contributed by atoms with Gasteiger partial charge in [0.1, 0.15) is 97.6 Å². The zero-order valence-electron chi connectivity index (χ0n) is 47.8. The molecule has 474 valence electrons. The van der Waals surface area contributed by atoms with Crippen LogP contribution in [0, 0.1) is 0 Å². The van der Waals surface area contributed by atoms with Crippen molar-refractivity contribution >= 4 is 11.8 Å². The molecular weight excluding hydrogens is 1070 g/mol. The topological polar surface area (TPSA) is 395 Å². The van der Waals surface area contributed by atoms with Gasteiger partial charge in [0.05, 0.1) is 45.2 Å². The lowest BCUT2D eigenvalue weighted by atomic mass is 9.94. The molecule has 4 saturated heterocycles. The molecule has 0 aliphatic carbocycles. The molecule has 81 heavy (non-hydrogen) atoms. The lowest BCUT2D eigenvalue weighted by Crippen LogP contribution is -2.70. The van der Waals surface area contributed by atoms with Crippen molar-refractivity contribution in [1.29, 1.82) is 0 Å². The van der Waals surface area contributed by atoms with Crippen molar-refractivity contribution in [2.45, 2.75) is 297 Å². The van der Waals surface area contributed by atoms with Crippen LogP contribution in [0.5, 0.6) is 0 Å². The monoisotopic (exact) mass is 1170 g/mol. The van der Waals surface area contributed by atoms with E-state index < -0.39 is 174 Å². The van der Waals surface area contributed by atoms with Crippen LogP contribution in [0.15, 0.2) is 12.2 Å². The number of ether oxygens (including phenoxy) is 8. The summed E-state index contributed by atoms with van der Waals surface area (Å²) < 4.78 is 46.6. The number of carbonyl (C=O) groups excluding carboxylic acids is 2. The minimum Gasteiger partial charge on any atom is -0.394 e. The summed E-state index contributed by atoms with van der Waals surface area (Å²) in [5, 5.41) is 146. The highest BCUT2D eigenvalue weighted by Gasteiger charge is 2.56. The van der Waals surface area contributed by atoms with E-state index in [1.807, 2.05) is 6.08 Å². The molecule has 25 nitrogen and oxygen atoms in total. The Morgan fingerprint density at radius 2 is 0.889 bits per heavy atom. The first-order valence-electron chi connectivity index (χ1n) is 29.9. The Balaban J connectivity index is 1.39. The van der Waals surface area contributed by atoms with Gasteiger partial charge in [-0.25, -0.2) is 0 Å². The van der Waals surface area contributed by atoms with Crippen molar-refractivity contribution < 1.29 is 114 Å². The van der Waals surface area contributed by atoms with Crippen LogP contribution in [0.1, 0.15) is 162 Å². The van der Waals surface area contributed by atoms with Gasteiger partial charge < -0.3 is 115 Å². The maximum absolute atomic E-state index is 13.3. The molecule has 15 N–H and O–H groups in total. The molecule has 4 fully saturated rings. The first kappa shape index (κ1) is 71.3. The fourth-order valence-corrected chi connectivity index (χ4v) is 10.7. The largest absolute Gasteiger partial charge is 0.394 e. The smallest absolute Gasteiger partial charge is 0.220 e. The molecular formula is C56H102N2O23. The van der Waals surface area contributed by atoms with Gasteiger partial charge in [-0.15, -0.1) is 0 Å². The molecule has 4 heterocycles. The number of rotatable bonds is 39. The summed E-state index contributed by atoms with van der Waals surface area (Å²) in [7, 11) is 0. The maximum Gasteiger partial charge on any atom is 0.220 e. The zero-order valence-corrected chi connectivity index (χ0v) is 47.8. The molecule has 0 aromatic heterocycles. The van der Waals surface area contributed by atoms with E-state index in [-0.39, 0.29) is 12.3 Å². The van der Waals surface area contributed by atoms with Crippen LogP contribution >= 0.6 is 0 Å². The van der Waals surface area contributed by atoms with Gasteiger partial charge in [0.25, 0.3) is 0 Å². The fraction of sp³-hybridized carbons (Fsp3) is 0.929. The summed E-state index contributed by atoms with van der Waals surface area (Å²) in [6, 6.07) is -2.62. The van der Waals surface area contributed by atoms with Crippen molar-refractivity contribution in [2.24, 2.45) is 0 Å². The molecule has 0 spiro atoms. The number of hydrogen-bond acceptors (Lipinski definition) is 23. The predicted octanol–water partition coefficient (Wildman–Crippen LogP) is -0.557. The Morgan fingerprint density at radius 3 is 1.40 bits per heavy atom. The number of carbonyl (C=O) groups is 2. The normalized spacial score (nSPS) is 35.5. The molecule has 4 aliphatic heterocycles. The molecule has 4 rings (SSSR count). The quantitative estimate of drug-likeness (QED) is 0.0271. The third-order valence-corrected chi connectivity index (χ3v) is 15.6. The molecule has 2 amide bonds. The van der Waals surface area contributed by atoms with Gasteiger partial charge in [0, 0.05) is 13.3 Å². The first-order chi connectivity index (χ1) is 39.0. The average Bonchev–Trinajstić information content (AvgIpc) is 3.55. The Labute approximate surface area is 477 Å². The lowest BCUT2D eigenvalue weighted by Gasteiger charge is -2.50. The fourth-order valence-electron chi connectivity index (χ4n) is 10.7. The summed E-state index contributed by atoms with van der Waals surface area (Å²) >= 11 is 0. The van der Waals surface area contributed by atoms with Crippen molar-refractivity contribution in [2.75, 3.05) is 33.0 Å². The Hall–Kier alpha value is -2.16. The standard InChI is InChI=1S/C56H102N2O23/c1-4-6-8-10-12-14-15-16-17-19-20-22-24-26-35(64)34(58-40(65)27-25-23-21-18-13-11-9-7-5-2)32-74-54-48(72)45(69)51(38(30-61)77-54)80-56-49(73)46(70)50(39(31-62)78-56)79-53-41(57-33(3)63)52(43(67)37(29-60)75-53)81-55-47(71)44(68)42(66)36(28-59)76-55/h24,26,34-39,41-56,59-62,64,66-73H,4-23,25,27-32H2,1-3H3,(H,57,63)(H,58,65). The molecule has 25 heteroatoms. The minimum absolute atomic E-state index is 0.215. The molecule has 22 atom stereocenters. The van der Waals surface area contributed by atoms with Crippen LogP contribution in [0.4, 0.5) is 0 Å². The van der Waals surface area contributed by atoms with Gasteiger partial charge in [-0.1, -0.05) is 142 Å². The number of aliphatic hydroxyl groups is 13. The van der Waals surface area contributed by atoms with Gasteiger partial charge in [0.15, 0.2) is 25.2 Å². The summed E-state index contributed by atoms with van der Waals surface area (Å²) in [4.78, 5) is 25.8. The number of aliphatic hydroxyl groups excluding tert-OH is 13. The number of allylic oxidation sites excluding steroid dienone is 1. The first-order valence-corrected chi connectivity index (χ1v) is 29.9. The van der Waals surface area contributed by atoms with Gasteiger partial charge in [-0.3, -0.25) is 9.59 Å². The van der Waals surface area contributed by atoms with E-state index in [4.69, 9.17) is 37.9 Å². The number of hydrogen-bond donors (Lipinski definition) is 15. The average molecular weight is 1170 g/mol. The van der Waals surface area contributed by atoms with Crippen LogP contribution < -0.4 is 10.6 Å². The summed E-state index contributed by atoms with van der Waals surface area (Å²) in [5.74, 6) is -1.07. The maximum atomic E-state index is 13.3.